The minimum Gasteiger partial charge on any atom is -0.383 e. The van der Waals surface area contributed by atoms with Gasteiger partial charge in [-0.3, -0.25) is 4.79 Å². The number of hydrogen-bond donors (Lipinski definition) is 2. The number of aromatic nitrogens is 2. The number of anilines is 2. The first-order valence-corrected chi connectivity index (χ1v) is 4.56. The van der Waals surface area contributed by atoms with Crippen LogP contribution in [0.5, 0.6) is 0 Å². The molecule has 2 rings (SSSR count). The Morgan fingerprint density at radius 2 is 2.29 bits per heavy atom. The summed E-state index contributed by atoms with van der Waals surface area (Å²) in [6, 6.07) is 0. The van der Waals surface area contributed by atoms with Gasteiger partial charge >= 0.3 is 0 Å². The van der Waals surface area contributed by atoms with Gasteiger partial charge in [0.05, 0.1) is 0 Å². The first-order valence-electron chi connectivity index (χ1n) is 4.56. The molecule has 0 aromatic carbocycles. The predicted molar refractivity (Wildman–Crippen MR) is 52.5 cm³/mol. The number of carbonyl (C=O) groups excluding carboxylic acids is 1. The lowest BCUT2D eigenvalue weighted by molar-refractivity contribution is -0.117. The van der Waals surface area contributed by atoms with E-state index in [-0.39, 0.29) is 11.8 Å². The molecular formula is C9H12N4O. The van der Waals surface area contributed by atoms with Crippen molar-refractivity contribution in [3.8, 4) is 0 Å². The van der Waals surface area contributed by atoms with Gasteiger partial charge in [0, 0.05) is 11.5 Å². The summed E-state index contributed by atoms with van der Waals surface area (Å²) < 4.78 is 0. The fraction of sp³-hybridized carbons (Fsp3) is 0.444. The van der Waals surface area contributed by atoms with Gasteiger partial charge in [0.15, 0.2) is 0 Å². The molecule has 0 aliphatic heterocycles. The molecule has 3 N–H and O–H groups in total. The highest BCUT2D eigenvalue weighted by Gasteiger charge is 2.30. The van der Waals surface area contributed by atoms with Crippen LogP contribution in [0.2, 0.25) is 0 Å². The van der Waals surface area contributed by atoms with Crippen LogP contribution >= 0.6 is 0 Å². The number of nitrogens with one attached hydrogen (secondary N) is 1. The van der Waals surface area contributed by atoms with E-state index in [1.807, 2.05) is 0 Å². The summed E-state index contributed by atoms with van der Waals surface area (Å²) in [7, 11) is 0. The smallest absolute Gasteiger partial charge is 0.228 e. The third kappa shape index (κ3) is 1.66. The first kappa shape index (κ1) is 8.93. The molecule has 0 radical (unpaired) electrons. The molecule has 1 heterocycles. The normalized spacial score (nSPS) is 15.2. The molecular weight excluding hydrogens is 180 g/mol. The Hall–Kier alpha value is -1.65. The van der Waals surface area contributed by atoms with Crippen molar-refractivity contribution in [3.05, 3.63) is 11.9 Å². The van der Waals surface area contributed by atoms with Crippen molar-refractivity contribution < 1.29 is 4.79 Å². The van der Waals surface area contributed by atoms with Gasteiger partial charge in [-0.25, -0.2) is 9.97 Å². The average Bonchev–Trinajstić information content (AvgIpc) is 2.95. The minimum atomic E-state index is 0.0335. The van der Waals surface area contributed by atoms with E-state index < -0.39 is 0 Å². The van der Waals surface area contributed by atoms with Crippen LogP contribution in [0.1, 0.15) is 18.4 Å². The largest absolute Gasteiger partial charge is 0.383 e. The fourth-order valence-electron chi connectivity index (χ4n) is 1.15. The lowest BCUT2D eigenvalue weighted by atomic mass is 10.3. The SMILES string of the molecule is Cc1c(N)ncnc1NC(=O)C1CC1. The summed E-state index contributed by atoms with van der Waals surface area (Å²) in [5, 5.41) is 2.74. The third-order valence-electron chi connectivity index (χ3n) is 2.31. The van der Waals surface area contributed by atoms with Crippen LogP contribution in [0, 0.1) is 12.8 Å². The van der Waals surface area contributed by atoms with E-state index in [0.29, 0.717) is 11.6 Å². The number of rotatable bonds is 2. The molecule has 0 atom stereocenters. The molecule has 1 aliphatic carbocycles. The van der Waals surface area contributed by atoms with Crippen LogP contribution in [0.4, 0.5) is 11.6 Å². The van der Waals surface area contributed by atoms with Crippen LogP contribution in [-0.4, -0.2) is 15.9 Å². The van der Waals surface area contributed by atoms with E-state index in [9.17, 15) is 4.79 Å². The van der Waals surface area contributed by atoms with Crippen LogP contribution < -0.4 is 11.1 Å². The van der Waals surface area contributed by atoms with Crippen molar-refractivity contribution in [2.45, 2.75) is 19.8 Å². The summed E-state index contributed by atoms with van der Waals surface area (Å²) >= 11 is 0. The Labute approximate surface area is 81.7 Å². The maximum Gasteiger partial charge on any atom is 0.228 e. The van der Waals surface area contributed by atoms with E-state index in [4.69, 9.17) is 5.73 Å². The standard InChI is InChI=1S/C9H12N4O/c1-5-7(10)11-4-12-8(5)13-9(14)6-2-3-6/h4,6H,2-3H2,1H3,(H3,10,11,12,13,14). The highest BCUT2D eigenvalue weighted by molar-refractivity contribution is 5.94. The van der Waals surface area contributed by atoms with Gasteiger partial charge in [-0.2, -0.15) is 0 Å². The van der Waals surface area contributed by atoms with Gasteiger partial charge in [-0.1, -0.05) is 0 Å². The van der Waals surface area contributed by atoms with Gasteiger partial charge in [-0.05, 0) is 19.8 Å². The van der Waals surface area contributed by atoms with Crippen molar-refractivity contribution in [1.82, 2.24) is 9.97 Å². The zero-order valence-corrected chi connectivity index (χ0v) is 7.95. The van der Waals surface area contributed by atoms with Crippen molar-refractivity contribution in [2.24, 2.45) is 5.92 Å². The Morgan fingerprint density at radius 1 is 1.57 bits per heavy atom. The van der Waals surface area contributed by atoms with E-state index in [1.54, 1.807) is 6.92 Å². The van der Waals surface area contributed by atoms with Gasteiger partial charge in [0.25, 0.3) is 0 Å². The number of nitrogens with zero attached hydrogens (tertiary/aromatic N) is 2. The second kappa shape index (κ2) is 3.25. The molecule has 0 bridgehead atoms. The topological polar surface area (TPSA) is 80.9 Å². The summed E-state index contributed by atoms with van der Waals surface area (Å²) in [4.78, 5) is 19.2. The van der Waals surface area contributed by atoms with Crippen LogP contribution in [0.3, 0.4) is 0 Å². The van der Waals surface area contributed by atoms with Gasteiger partial charge in [0.1, 0.15) is 18.0 Å². The van der Waals surface area contributed by atoms with Crippen molar-refractivity contribution in [2.75, 3.05) is 11.1 Å². The Balaban J connectivity index is 2.15. The molecule has 1 aliphatic rings. The molecule has 1 saturated carbocycles. The minimum absolute atomic E-state index is 0.0335. The first-order chi connectivity index (χ1) is 6.68. The quantitative estimate of drug-likeness (QED) is 0.723. The highest BCUT2D eigenvalue weighted by atomic mass is 16.2. The Morgan fingerprint density at radius 3 is 2.93 bits per heavy atom. The van der Waals surface area contributed by atoms with E-state index >= 15 is 0 Å². The van der Waals surface area contributed by atoms with Gasteiger partial charge in [-0.15, -0.1) is 0 Å². The second-order valence-electron chi connectivity index (χ2n) is 3.50. The zero-order chi connectivity index (χ0) is 10.1. The van der Waals surface area contributed by atoms with E-state index in [2.05, 4.69) is 15.3 Å². The second-order valence-corrected chi connectivity index (χ2v) is 3.50. The molecule has 14 heavy (non-hydrogen) atoms. The number of carbonyl (C=O) groups is 1. The van der Waals surface area contributed by atoms with Gasteiger partial charge in [0.2, 0.25) is 5.91 Å². The maximum atomic E-state index is 11.4. The van der Waals surface area contributed by atoms with Gasteiger partial charge < -0.3 is 11.1 Å². The number of hydrogen-bond acceptors (Lipinski definition) is 4. The Kier molecular flexibility index (Phi) is 2.07. The summed E-state index contributed by atoms with van der Waals surface area (Å²) in [6.07, 6.45) is 3.31. The number of nitrogen functional groups attached to an aromatic ring is 1. The maximum absolute atomic E-state index is 11.4. The molecule has 1 aromatic heterocycles. The molecule has 1 aromatic rings. The number of amides is 1. The van der Waals surface area contributed by atoms with E-state index in [0.717, 1.165) is 18.4 Å². The molecule has 1 amide bonds. The summed E-state index contributed by atoms with van der Waals surface area (Å²) in [5.41, 5.74) is 6.31. The zero-order valence-electron chi connectivity index (χ0n) is 7.95. The fourth-order valence-corrected chi connectivity index (χ4v) is 1.15. The predicted octanol–water partition coefficient (Wildman–Crippen LogP) is 0.716. The van der Waals surface area contributed by atoms with Crippen LogP contribution in [0.15, 0.2) is 6.33 Å². The highest BCUT2D eigenvalue weighted by Crippen LogP contribution is 2.30. The lowest BCUT2D eigenvalue weighted by Crippen LogP contribution is -2.16. The summed E-state index contributed by atoms with van der Waals surface area (Å²) in [6.45, 7) is 1.79. The molecule has 74 valence electrons. The van der Waals surface area contributed by atoms with Crippen molar-refractivity contribution >= 4 is 17.5 Å². The van der Waals surface area contributed by atoms with Crippen LogP contribution in [-0.2, 0) is 4.79 Å². The molecule has 0 saturated heterocycles. The number of nitrogens with two attached hydrogens (primary N) is 1. The van der Waals surface area contributed by atoms with E-state index in [1.165, 1.54) is 6.33 Å². The molecule has 0 spiro atoms. The lowest BCUT2D eigenvalue weighted by Gasteiger charge is -2.06. The van der Waals surface area contributed by atoms with Crippen molar-refractivity contribution in [3.63, 3.8) is 0 Å². The molecule has 5 nitrogen and oxygen atoms in total. The Bertz CT molecular complexity index is 373. The monoisotopic (exact) mass is 192 g/mol. The molecule has 0 unspecified atom stereocenters. The summed E-state index contributed by atoms with van der Waals surface area (Å²) in [5.74, 6) is 1.14. The molecule has 5 heteroatoms. The van der Waals surface area contributed by atoms with Crippen molar-refractivity contribution in [1.29, 1.82) is 0 Å². The van der Waals surface area contributed by atoms with Crippen LogP contribution in [0.25, 0.3) is 0 Å². The average molecular weight is 192 g/mol. The third-order valence-corrected chi connectivity index (χ3v) is 2.31. The molecule has 1 fully saturated rings.